The Labute approximate surface area is 65.8 Å². The molecule has 0 radical (unpaired) electrons. The van der Waals surface area contributed by atoms with Gasteiger partial charge in [0.25, 0.3) is 0 Å². The van der Waals surface area contributed by atoms with Gasteiger partial charge in [0.15, 0.2) is 0 Å². The molecule has 0 spiro atoms. The van der Waals surface area contributed by atoms with E-state index in [4.69, 9.17) is 11.6 Å². The van der Waals surface area contributed by atoms with Crippen LogP contribution in [0.15, 0.2) is 12.2 Å². The van der Waals surface area contributed by atoms with Crippen molar-refractivity contribution >= 4 is 17.6 Å². The summed E-state index contributed by atoms with van der Waals surface area (Å²) < 4.78 is 4.36. The van der Waals surface area contributed by atoms with Gasteiger partial charge in [-0.2, -0.15) is 0 Å². The molecule has 0 heterocycles. The van der Waals surface area contributed by atoms with Crippen molar-refractivity contribution in [1.82, 2.24) is 0 Å². The van der Waals surface area contributed by atoms with Crippen LogP contribution in [-0.2, 0) is 9.53 Å². The first-order valence-electron chi connectivity index (χ1n) is 3.11. The van der Waals surface area contributed by atoms with Crippen molar-refractivity contribution < 1.29 is 9.53 Å². The van der Waals surface area contributed by atoms with Crippen molar-refractivity contribution in [3.63, 3.8) is 0 Å². The first-order valence-corrected chi connectivity index (χ1v) is 3.54. The van der Waals surface area contributed by atoms with Crippen LogP contribution in [0.3, 0.4) is 0 Å². The van der Waals surface area contributed by atoms with E-state index in [1.165, 1.54) is 13.2 Å². The molecule has 1 unspecified atom stereocenters. The van der Waals surface area contributed by atoms with E-state index in [0.717, 1.165) is 6.42 Å². The quantitative estimate of drug-likeness (QED) is 0.359. The van der Waals surface area contributed by atoms with E-state index in [2.05, 4.69) is 4.74 Å². The van der Waals surface area contributed by atoms with Crippen LogP contribution < -0.4 is 0 Å². The fraction of sp³-hybridized carbons (Fsp3) is 0.571. The van der Waals surface area contributed by atoms with E-state index in [0.29, 0.717) is 0 Å². The number of carbonyl (C=O) groups excluding carboxylic acids is 1. The summed E-state index contributed by atoms with van der Waals surface area (Å²) in [5.41, 5.74) is 0. The van der Waals surface area contributed by atoms with Gasteiger partial charge < -0.3 is 4.74 Å². The summed E-state index contributed by atoms with van der Waals surface area (Å²) in [6, 6.07) is 0. The predicted octanol–water partition coefficient (Wildman–Crippen LogP) is 1.73. The zero-order chi connectivity index (χ0) is 7.98. The lowest BCUT2D eigenvalue weighted by Gasteiger charge is -1.95. The molecule has 3 heteroatoms. The van der Waals surface area contributed by atoms with E-state index in [1.54, 1.807) is 6.08 Å². The predicted molar refractivity (Wildman–Crippen MR) is 41.1 cm³/mol. The van der Waals surface area contributed by atoms with Gasteiger partial charge in [0, 0.05) is 6.08 Å². The SMILES string of the molecule is CCC(Cl)C=CC(=O)OC. The van der Waals surface area contributed by atoms with Gasteiger partial charge in [-0.25, -0.2) is 4.79 Å². The average molecular weight is 163 g/mol. The number of methoxy groups -OCH3 is 1. The molecule has 0 saturated heterocycles. The van der Waals surface area contributed by atoms with Crippen LogP contribution in [0.2, 0.25) is 0 Å². The molecule has 0 fully saturated rings. The summed E-state index contributed by atoms with van der Waals surface area (Å²) in [7, 11) is 1.34. The fourth-order valence-electron chi connectivity index (χ4n) is 0.387. The van der Waals surface area contributed by atoms with Gasteiger partial charge in [-0.15, -0.1) is 11.6 Å². The Morgan fingerprint density at radius 3 is 2.80 bits per heavy atom. The van der Waals surface area contributed by atoms with Gasteiger partial charge in [0.2, 0.25) is 0 Å². The number of carbonyl (C=O) groups is 1. The lowest BCUT2D eigenvalue weighted by Crippen LogP contribution is -1.96. The fourth-order valence-corrected chi connectivity index (χ4v) is 0.460. The number of allylic oxidation sites excluding steroid dienone is 1. The van der Waals surface area contributed by atoms with Crippen molar-refractivity contribution in [1.29, 1.82) is 0 Å². The monoisotopic (exact) mass is 162 g/mol. The number of esters is 1. The average Bonchev–Trinajstić information content (AvgIpc) is 1.99. The van der Waals surface area contributed by atoms with Gasteiger partial charge in [0.05, 0.1) is 12.5 Å². The highest BCUT2D eigenvalue weighted by Gasteiger charge is 1.95. The first-order chi connectivity index (χ1) is 4.70. The molecule has 0 aromatic carbocycles. The first kappa shape index (κ1) is 9.50. The molecule has 1 atom stereocenters. The Kier molecular flexibility index (Phi) is 5.03. The van der Waals surface area contributed by atoms with Crippen molar-refractivity contribution in [2.75, 3.05) is 7.11 Å². The van der Waals surface area contributed by atoms with Crippen molar-refractivity contribution in [2.45, 2.75) is 18.7 Å². The van der Waals surface area contributed by atoms with E-state index in [1.807, 2.05) is 6.92 Å². The molecule has 0 saturated carbocycles. The number of rotatable bonds is 3. The summed E-state index contributed by atoms with van der Waals surface area (Å²) in [5.74, 6) is -0.362. The van der Waals surface area contributed by atoms with Gasteiger partial charge in [0.1, 0.15) is 0 Å². The van der Waals surface area contributed by atoms with Crippen LogP contribution in [0.1, 0.15) is 13.3 Å². The zero-order valence-corrected chi connectivity index (χ0v) is 6.89. The largest absolute Gasteiger partial charge is 0.466 e. The van der Waals surface area contributed by atoms with Crippen LogP contribution in [0.5, 0.6) is 0 Å². The molecule has 0 N–H and O–H groups in total. The Morgan fingerprint density at radius 1 is 1.80 bits per heavy atom. The molecule has 0 aliphatic heterocycles. The number of halogens is 1. The molecule has 0 amide bonds. The van der Waals surface area contributed by atoms with Crippen molar-refractivity contribution in [2.24, 2.45) is 0 Å². The topological polar surface area (TPSA) is 26.3 Å². The van der Waals surface area contributed by atoms with E-state index >= 15 is 0 Å². The Balaban J connectivity index is 3.63. The lowest BCUT2D eigenvalue weighted by molar-refractivity contribution is -0.134. The number of hydrogen-bond donors (Lipinski definition) is 0. The highest BCUT2D eigenvalue weighted by atomic mass is 35.5. The van der Waals surface area contributed by atoms with E-state index in [9.17, 15) is 4.79 Å². The molecule has 0 bridgehead atoms. The van der Waals surface area contributed by atoms with Crippen LogP contribution in [-0.4, -0.2) is 18.5 Å². The summed E-state index contributed by atoms with van der Waals surface area (Å²) in [5, 5.41) is -0.0703. The summed E-state index contributed by atoms with van der Waals surface area (Å²) >= 11 is 5.67. The molecule has 0 rings (SSSR count). The molecule has 0 aliphatic carbocycles. The molecular formula is C7H11ClO2. The third-order valence-electron chi connectivity index (χ3n) is 1.03. The zero-order valence-electron chi connectivity index (χ0n) is 6.13. The maximum Gasteiger partial charge on any atom is 0.330 e. The third-order valence-corrected chi connectivity index (χ3v) is 1.49. The number of ether oxygens (including phenoxy) is 1. The maximum atomic E-state index is 10.5. The standard InChI is InChI=1S/C7H11ClO2/c1-3-6(8)4-5-7(9)10-2/h4-6H,3H2,1-2H3. The highest BCUT2D eigenvalue weighted by molar-refractivity contribution is 6.21. The normalized spacial score (nSPS) is 13.5. The van der Waals surface area contributed by atoms with Crippen LogP contribution >= 0.6 is 11.6 Å². The second-order valence-electron chi connectivity index (χ2n) is 1.81. The maximum absolute atomic E-state index is 10.5. The molecule has 0 aromatic heterocycles. The molecule has 2 nitrogen and oxygen atoms in total. The van der Waals surface area contributed by atoms with Gasteiger partial charge >= 0.3 is 5.97 Å². The molecule has 0 aliphatic rings. The number of alkyl halides is 1. The molecular weight excluding hydrogens is 152 g/mol. The summed E-state index contributed by atoms with van der Waals surface area (Å²) in [4.78, 5) is 10.5. The molecule has 10 heavy (non-hydrogen) atoms. The Bertz CT molecular complexity index is 132. The van der Waals surface area contributed by atoms with Gasteiger partial charge in [-0.1, -0.05) is 13.0 Å². The lowest BCUT2D eigenvalue weighted by atomic mass is 10.3. The minimum absolute atomic E-state index is 0.0703. The summed E-state index contributed by atoms with van der Waals surface area (Å²) in [6.07, 6.45) is 3.77. The number of hydrogen-bond acceptors (Lipinski definition) is 2. The Hall–Kier alpha value is -0.500. The van der Waals surface area contributed by atoms with E-state index in [-0.39, 0.29) is 11.3 Å². The van der Waals surface area contributed by atoms with Gasteiger partial charge in [-0.05, 0) is 6.42 Å². The summed E-state index contributed by atoms with van der Waals surface area (Å²) in [6.45, 7) is 1.94. The second kappa shape index (κ2) is 5.30. The second-order valence-corrected chi connectivity index (χ2v) is 2.37. The highest BCUT2D eigenvalue weighted by Crippen LogP contribution is 2.01. The molecule has 58 valence electrons. The van der Waals surface area contributed by atoms with Crippen LogP contribution in [0.4, 0.5) is 0 Å². The van der Waals surface area contributed by atoms with Gasteiger partial charge in [-0.3, -0.25) is 0 Å². The molecule has 0 aromatic rings. The third kappa shape index (κ3) is 4.39. The van der Waals surface area contributed by atoms with E-state index < -0.39 is 0 Å². The minimum atomic E-state index is -0.362. The Morgan fingerprint density at radius 2 is 2.40 bits per heavy atom. The minimum Gasteiger partial charge on any atom is -0.466 e. The van der Waals surface area contributed by atoms with Crippen LogP contribution in [0, 0.1) is 0 Å². The van der Waals surface area contributed by atoms with Crippen molar-refractivity contribution in [3.8, 4) is 0 Å². The smallest absolute Gasteiger partial charge is 0.330 e. The van der Waals surface area contributed by atoms with Crippen molar-refractivity contribution in [3.05, 3.63) is 12.2 Å². The van der Waals surface area contributed by atoms with Crippen LogP contribution in [0.25, 0.3) is 0 Å².